The molecule has 78 valence electrons. The van der Waals surface area contributed by atoms with Gasteiger partial charge in [0.2, 0.25) is 0 Å². The Balaban J connectivity index is 2.91. The van der Waals surface area contributed by atoms with Crippen molar-refractivity contribution in [2.45, 2.75) is 6.92 Å². The Hall–Kier alpha value is -1.49. The lowest BCUT2D eigenvalue weighted by atomic mass is 10.1. The summed E-state index contributed by atoms with van der Waals surface area (Å²) in [6, 6.07) is 3.69. The number of H-pyrrole nitrogens is 1. The first-order valence-electron chi connectivity index (χ1n) is 4.38. The Morgan fingerprint density at radius 1 is 1.47 bits per heavy atom. The number of fused-ring (bicyclic) bond motifs is 1. The highest BCUT2D eigenvalue weighted by molar-refractivity contribution is 9.10. The summed E-state index contributed by atoms with van der Waals surface area (Å²) in [4.78, 5) is 14.2. The van der Waals surface area contributed by atoms with Crippen molar-refractivity contribution in [1.82, 2.24) is 4.98 Å². The molecule has 1 aromatic carbocycles. The number of rotatable bonds is 1. The van der Waals surface area contributed by atoms with Crippen LogP contribution >= 0.6 is 15.9 Å². The Kier molecular flexibility index (Phi) is 2.19. The highest BCUT2D eigenvalue weighted by Crippen LogP contribution is 2.30. The molecule has 0 fully saturated rings. The molecule has 0 radical (unpaired) electrons. The fourth-order valence-electron chi connectivity index (χ4n) is 1.66. The van der Waals surface area contributed by atoms with E-state index in [4.69, 9.17) is 11.5 Å². The zero-order valence-corrected chi connectivity index (χ0v) is 9.68. The van der Waals surface area contributed by atoms with Crippen molar-refractivity contribution in [2.24, 2.45) is 5.73 Å². The first kappa shape index (κ1) is 10.0. The van der Waals surface area contributed by atoms with Crippen LogP contribution in [0.5, 0.6) is 0 Å². The van der Waals surface area contributed by atoms with Crippen molar-refractivity contribution >= 4 is 38.6 Å². The van der Waals surface area contributed by atoms with Crippen LogP contribution in [-0.2, 0) is 0 Å². The van der Waals surface area contributed by atoms with Crippen LogP contribution in [0.4, 0.5) is 5.82 Å². The van der Waals surface area contributed by atoms with Crippen LogP contribution in [0.15, 0.2) is 16.6 Å². The van der Waals surface area contributed by atoms with Gasteiger partial charge in [0.15, 0.2) is 0 Å². The highest BCUT2D eigenvalue weighted by atomic mass is 79.9. The summed E-state index contributed by atoms with van der Waals surface area (Å²) < 4.78 is 0.965. The van der Waals surface area contributed by atoms with E-state index >= 15 is 0 Å². The topological polar surface area (TPSA) is 84.9 Å². The second kappa shape index (κ2) is 3.27. The van der Waals surface area contributed by atoms with Gasteiger partial charge in [0, 0.05) is 9.86 Å². The number of aryl methyl sites for hydroxylation is 1. The first-order valence-corrected chi connectivity index (χ1v) is 5.17. The number of primary amides is 1. The molecule has 15 heavy (non-hydrogen) atoms. The van der Waals surface area contributed by atoms with Gasteiger partial charge >= 0.3 is 0 Å². The summed E-state index contributed by atoms with van der Waals surface area (Å²) in [6.07, 6.45) is 0. The third-order valence-electron chi connectivity index (χ3n) is 2.44. The predicted octanol–water partition coefficient (Wildman–Crippen LogP) is 1.92. The van der Waals surface area contributed by atoms with Crippen LogP contribution in [0.25, 0.3) is 10.9 Å². The van der Waals surface area contributed by atoms with E-state index in [-0.39, 0.29) is 0 Å². The zero-order valence-electron chi connectivity index (χ0n) is 8.10. The molecule has 0 saturated carbocycles. The van der Waals surface area contributed by atoms with E-state index in [0.717, 1.165) is 20.9 Å². The molecule has 0 saturated heterocycles. The molecule has 0 unspecified atom stereocenters. The molecule has 5 N–H and O–H groups in total. The molecule has 2 aromatic rings. The van der Waals surface area contributed by atoms with Crippen LogP contribution in [0.3, 0.4) is 0 Å². The average Bonchev–Trinajstić information content (AvgIpc) is 2.49. The van der Waals surface area contributed by atoms with E-state index in [9.17, 15) is 4.79 Å². The number of nitrogens with one attached hydrogen (secondary N) is 1. The second-order valence-electron chi connectivity index (χ2n) is 3.37. The number of nitrogens with two attached hydrogens (primary N) is 2. The summed E-state index contributed by atoms with van der Waals surface area (Å²) >= 11 is 3.41. The van der Waals surface area contributed by atoms with Gasteiger partial charge in [-0.25, -0.2) is 0 Å². The van der Waals surface area contributed by atoms with E-state index in [1.54, 1.807) is 0 Å². The summed E-state index contributed by atoms with van der Waals surface area (Å²) in [6.45, 7) is 1.94. The van der Waals surface area contributed by atoms with Crippen molar-refractivity contribution < 1.29 is 4.79 Å². The van der Waals surface area contributed by atoms with Crippen molar-refractivity contribution in [3.8, 4) is 0 Å². The van der Waals surface area contributed by atoms with Gasteiger partial charge in [-0.1, -0.05) is 22.0 Å². The third-order valence-corrected chi connectivity index (χ3v) is 3.30. The number of carbonyl (C=O) groups excluding carboxylic acids is 1. The lowest BCUT2D eigenvalue weighted by Gasteiger charge is -1.99. The van der Waals surface area contributed by atoms with Gasteiger partial charge in [-0.15, -0.1) is 0 Å². The molecule has 0 aliphatic carbocycles. The zero-order chi connectivity index (χ0) is 11.2. The van der Waals surface area contributed by atoms with Gasteiger partial charge < -0.3 is 16.5 Å². The quantitative estimate of drug-likeness (QED) is 0.738. The number of nitrogen functional groups attached to an aromatic ring is 1. The maximum Gasteiger partial charge on any atom is 0.253 e. The number of benzene rings is 1. The number of anilines is 1. The van der Waals surface area contributed by atoms with E-state index in [1.165, 1.54) is 0 Å². The van der Waals surface area contributed by atoms with Crippen LogP contribution in [0, 0.1) is 6.92 Å². The number of halogens is 1. The van der Waals surface area contributed by atoms with Gasteiger partial charge in [-0.2, -0.15) is 0 Å². The maximum atomic E-state index is 11.2. The fraction of sp³-hybridized carbons (Fsp3) is 0.100. The lowest BCUT2D eigenvalue weighted by Crippen LogP contribution is -2.12. The molecule has 0 spiro atoms. The van der Waals surface area contributed by atoms with Crippen molar-refractivity contribution in [3.63, 3.8) is 0 Å². The van der Waals surface area contributed by atoms with Gasteiger partial charge in [0.1, 0.15) is 5.82 Å². The standard InChI is InChI=1S/C10H10BrN3O/c1-4-6(11)3-2-5-7(10(13)15)9(12)14-8(4)5/h2-3,14H,12H2,1H3,(H2,13,15). The molecule has 0 bridgehead atoms. The van der Waals surface area contributed by atoms with E-state index in [1.807, 2.05) is 19.1 Å². The van der Waals surface area contributed by atoms with Crippen molar-refractivity contribution in [3.05, 3.63) is 27.7 Å². The summed E-state index contributed by atoms with van der Waals surface area (Å²) in [7, 11) is 0. The van der Waals surface area contributed by atoms with Crippen LogP contribution < -0.4 is 11.5 Å². The number of amides is 1. The molecule has 2 rings (SSSR count). The Morgan fingerprint density at radius 3 is 2.73 bits per heavy atom. The van der Waals surface area contributed by atoms with Gasteiger partial charge in [-0.05, 0) is 18.6 Å². The Labute approximate surface area is 94.8 Å². The van der Waals surface area contributed by atoms with Crippen molar-refractivity contribution in [2.75, 3.05) is 5.73 Å². The van der Waals surface area contributed by atoms with Crippen LogP contribution in [-0.4, -0.2) is 10.9 Å². The average molecular weight is 268 g/mol. The van der Waals surface area contributed by atoms with Gasteiger partial charge in [0.25, 0.3) is 5.91 Å². The number of carbonyl (C=O) groups is 1. The van der Waals surface area contributed by atoms with Gasteiger partial charge in [-0.3, -0.25) is 4.79 Å². The molecule has 5 heteroatoms. The molecule has 0 atom stereocenters. The maximum absolute atomic E-state index is 11.2. The second-order valence-corrected chi connectivity index (χ2v) is 4.23. The van der Waals surface area contributed by atoms with E-state index in [2.05, 4.69) is 20.9 Å². The monoisotopic (exact) mass is 267 g/mol. The normalized spacial score (nSPS) is 10.8. The number of hydrogen-bond acceptors (Lipinski definition) is 2. The first-order chi connectivity index (χ1) is 7.02. The van der Waals surface area contributed by atoms with Crippen molar-refractivity contribution in [1.29, 1.82) is 0 Å². The predicted molar refractivity (Wildman–Crippen MR) is 63.7 cm³/mol. The summed E-state index contributed by atoms with van der Waals surface area (Å²) in [5.74, 6) is -0.195. The molecule has 4 nitrogen and oxygen atoms in total. The Bertz CT molecular complexity index is 559. The molecule has 1 heterocycles. The minimum absolute atomic E-state index is 0.318. The fourth-order valence-corrected chi connectivity index (χ4v) is 1.99. The molecule has 1 amide bonds. The minimum Gasteiger partial charge on any atom is -0.385 e. The SMILES string of the molecule is Cc1c(Br)ccc2c(C(N)=O)c(N)[nH]c12. The number of aromatic amines is 1. The highest BCUT2D eigenvalue weighted by Gasteiger charge is 2.15. The minimum atomic E-state index is -0.513. The number of hydrogen-bond donors (Lipinski definition) is 3. The Morgan fingerprint density at radius 2 is 2.13 bits per heavy atom. The largest absolute Gasteiger partial charge is 0.385 e. The van der Waals surface area contributed by atoms with Gasteiger partial charge in [0.05, 0.1) is 11.1 Å². The van der Waals surface area contributed by atoms with Crippen LogP contribution in [0.1, 0.15) is 15.9 Å². The van der Waals surface area contributed by atoms with E-state index < -0.39 is 5.91 Å². The molecule has 0 aliphatic heterocycles. The van der Waals surface area contributed by atoms with Crippen LogP contribution in [0.2, 0.25) is 0 Å². The third kappa shape index (κ3) is 1.39. The smallest absolute Gasteiger partial charge is 0.253 e. The number of aromatic nitrogens is 1. The summed E-state index contributed by atoms with van der Waals surface area (Å²) in [5, 5.41) is 0.765. The molecular weight excluding hydrogens is 258 g/mol. The summed E-state index contributed by atoms with van der Waals surface area (Å²) in [5.41, 5.74) is 13.2. The lowest BCUT2D eigenvalue weighted by molar-refractivity contribution is 0.100. The molecular formula is C10H10BrN3O. The van der Waals surface area contributed by atoms with E-state index in [0.29, 0.717) is 11.4 Å². The molecule has 1 aromatic heterocycles. The molecule has 0 aliphatic rings.